The van der Waals surface area contributed by atoms with Crippen LogP contribution in [0.25, 0.3) is 0 Å². The number of aromatic nitrogens is 2. The van der Waals surface area contributed by atoms with Crippen LogP contribution in [0, 0.1) is 13.8 Å². The summed E-state index contributed by atoms with van der Waals surface area (Å²) in [5, 5.41) is 14.4. The maximum atomic E-state index is 10.3. The molecular weight excluding hydrogens is 212 g/mol. The van der Waals surface area contributed by atoms with Crippen molar-refractivity contribution in [2.75, 3.05) is 0 Å². The van der Waals surface area contributed by atoms with Crippen molar-refractivity contribution in [2.45, 2.75) is 26.4 Å². The molecule has 0 amide bonds. The fraction of sp³-hybridized carbons (Fsp3) is 0.357. The predicted octanol–water partition coefficient (Wildman–Crippen LogP) is 2.31. The summed E-state index contributed by atoms with van der Waals surface area (Å²) in [4.78, 5) is 0. The van der Waals surface area contributed by atoms with Crippen molar-refractivity contribution in [3.05, 3.63) is 52.8 Å². The number of aliphatic hydroxyl groups is 1. The van der Waals surface area contributed by atoms with Gasteiger partial charge in [-0.2, -0.15) is 5.10 Å². The Morgan fingerprint density at radius 3 is 2.47 bits per heavy atom. The smallest absolute Gasteiger partial charge is 0.0836 e. The van der Waals surface area contributed by atoms with Gasteiger partial charge in [-0.15, -0.1) is 0 Å². The highest BCUT2D eigenvalue weighted by molar-refractivity contribution is 5.36. The summed E-state index contributed by atoms with van der Waals surface area (Å²) in [6, 6.07) is 6.09. The van der Waals surface area contributed by atoms with Crippen molar-refractivity contribution in [1.82, 2.24) is 9.78 Å². The Labute approximate surface area is 102 Å². The van der Waals surface area contributed by atoms with Gasteiger partial charge in [0.1, 0.15) is 0 Å². The highest BCUT2D eigenvalue weighted by Crippen LogP contribution is 2.24. The molecule has 2 rings (SSSR count). The van der Waals surface area contributed by atoms with Crippen LogP contribution in [-0.4, -0.2) is 14.9 Å². The van der Waals surface area contributed by atoms with Gasteiger partial charge in [-0.1, -0.05) is 18.2 Å². The molecule has 0 fully saturated rings. The second-order valence-corrected chi connectivity index (χ2v) is 4.55. The predicted molar refractivity (Wildman–Crippen MR) is 67.8 cm³/mol. The summed E-state index contributed by atoms with van der Waals surface area (Å²) in [7, 11) is 1.88. The van der Waals surface area contributed by atoms with Crippen LogP contribution < -0.4 is 0 Å². The van der Waals surface area contributed by atoms with Gasteiger partial charge in [-0.3, -0.25) is 4.68 Å². The molecule has 1 N–H and O–H groups in total. The minimum absolute atomic E-state index is 0.458. The lowest BCUT2D eigenvalue weighted by molar-refractivity contribution is 0.177. The molecule has 1 unspecified atom stereocenters. The summed E-state index contributed by atoms with van der Waals surface area (Å²) < 4.78 is 1.76. The second kappa shape index (κ2) is 4.72. The minimum atomic E-state index is -0.458. The van der Waals surface area contributed by atoms with Gasteiger partial charge in [-0.05, 0) is 36.1 Å². The van der Waals surface area contributed by atoms with Gasteiger partial charge in [0.2, 0.25) is 0 Å². The van der Waals surface area contributed by atoms with Crippen LogP contribution in [0.4, 0.5) is 0 Å². The monoisotopic (exact) mass is 230 g/mol. The van der Waals surface area contributed by atoms with E-state index >= 15 is 0 Å². The van der Waals surface area contributed by atoms with Crippen LogP contribution in [0.3, 0.4) is 0 Å². The molecule has 0 aliphatic heterocycles. The number of nitrogens with zero attached hydrogens (tertiary/aromatic N) is 2. The van der Waals surface area contributed by atoms with Crippen molar-refractivity contribution in [1.29, 1.82) is 0 Å². The number of benzene rings is 1. The van der Waals surface area contributed by atoms with Gasteiger partial charge in [0.15, 0.2) is 0 Å². The van der Waals surface area contributed by atoms with E-state index in [0.717, 1.165) is 22.3 Å². The lowest BCUT2D eigenvalue weighted by atomic mass is 9.95. The molecule has 3 nitrogen and oxygen atoms in total. The SMILES string of the molecule is Cc1cccc(C)c1C(O)Cc1cnn(C)c1. The second-order valence-electron chi connectivity index (χ2n) is 4.55. The lowest BCUT2D eigenvalue weighted by Gasteiger charge is -2.15. The molecule has 2 aromatic rings. The van der Waals surface area contributed by atoms with Crippen LogP contribution in [0.1, 0.15) is 28.4 Å². The van der Waals surface area contributed by atoms with Gasteiger partial charge >= 0.3 is 0 Å². The Morgan fingerprint density at radius 2 is 1.94 bits per heavy atom. The third kappa shape index (κ3) is 2.56. The third-order valence-corrected chi connectivity index (χ3v) is 3.06. The lowest BCUT2D eigenvalue weighted by Crippen LogP contribution is -2.05. The molecule has 0 aliphatic carbocycles. The fourth-order valence-electron chi connectivity index (χ4n) is 2.26. The zero-order valence-electron chi connectivity index (χ0n) is 10.5. The molecule has 0 radical (unpaired) electrons. The first-order valence-corrected chi connectivity index (χ1v) is 5.79. The summed E-state index contributed by atoms with van der Waals surface area (Å²) in [5.41, 5.74) is 4.38. The van der Waals surface area contributed by atoms with Crippen LogP contribution >= 0.6 is 0 Å². The normalized spacial score (nSPS) is 12.7. The van der Waals surface area contributed by atoms with E-state index in [1.807, 2.05) is 45.3 Å². The largest absolute Gasteiger partial charge is 0.388 e. The van der Waals surface area contributed by atoms with E-state index in [9.17, 15) is 5.11 Å². The summed E-state index contributed by atoms with van der Waals surface area (Å²) in [6.07, 6.45) is 3.90. The third-order valence-electron chi connectivity index (χ3n) is 3.06. The Bertz CT molecular complexity index is 496. The molecule has 3 heteroatoms. The summed E-state index contributed by atoms with van der Waals surface area (Å²) >= 11 is 0. The highest BCUT2D eigenvalue weighted by atomic mass is 16.3. The molecule has 0 bridgehead atoms. The molecule has 1 aromatic heterocycles. The molecule has 17 heavy (non-hydrogen) atoms. The number of rotatable bonds is 3. The molecule has 0 aliphatic rings. The number of aliphatic hydroxyl groups excluding tert-OH is 1. The van der Waals surface area contributed by atoms with Crippen LogP contribution in [-0.2, 0) is 13.5 Å². The molecule has 0 saturated carbocycles. The standard InChI is InChI=1S/C14H18N2O/c1-10-5-4-6-11(2)14(10)13(17)7-12-8-15-16(3)9-12/h4-6,8-9,13,17H,7H2,1-3H3. The topological polar surface area (TPSA) is 38.1 Å². The van der Waals surface area contributed by atoms with Gasteiger partial charge in [0.05, 0.1) is 12.3 Å². The van der Waals surface area contributed by atoms with E-state index in [1.165, 1.54) is 0 Å². The Morgan fingerprint density at radius 1 is 1.29 bits per heavy atom. The molecule has 1 aromatic carbocycles. The van der Waals surface area contributed by atoms with Crippen molar-refractivity contribution >= 4 is 0 Å². The Balaban J connectivity index is 2.22. The van der Waals surface area contributed by atoms with Crippen molar-refractivity contribution in [3.63, 3.8) is 0 Å². The Hall–Kier alpha value is -1.61. The first-order chi connectivity index (χ1) is 8.08. The van der Waals surface area contributed by atoms with E-state index in [-0.39, 0.29) is 0 Å². The maximum absolute atomic E-state index is 10.3. The van der Waals surface area contributed by atoms with Crippen LogP contribution in [0.5, 0.6) is 0 Å². The molecule has 1 atom stereocenters. The first kappa shape index (κ1) is 11.9. The van der Waals surface area contributed by atoms with E-state index < -0.39 is 6.10 Å². The van der Waals surface area contributed by atoms with Gasteiger partial charge in [0, 0.05) is 19.7 Å². The van der Waals surface area contributed by atoms with E-state index in [2.05, 4.69) is 5.10 Å². The van der Waals surface area contributed by atoms with Gasteiger partial charge < -0.3 is 5.11 Å². The quantitative estimate of drug-likeness (QED) is 0.878. The van der Waals surface area contributed by atoms with E-state index in [0.29, 0.717) is 6.42 Å². The molecule has 0 saturated heterocycles. The number of aryl methyl sites for hydroxylation is 3. The summed E-state index contributed by atoms with van der Waals surface area (Å²) in [6.45, 7) is 4.07. The van der Waals surface area contributed by atoms with Crippen molar-refractivity contribution in [3.8, 4) is 0 Å². The number of hydrogen-bond acceptors (Lipinski definition) is 2. The number of hydrogen-bond donors (Lipinski definition) is 1. The fourth-order valence-corrected chi connectivity index (χ4v) is 2.26. The van der Waals surface area contributed by atoms with E-state index in [4.69, 9.17) is 0 Å². The maximum Gasteiger partial charge on any atom is 0.0836 e. The Kier molecular flexibility index (Phi) is 3.29. The zero-order chi connectivity index (χ0) is 12.4. The van der Waals surface area contributed by atoms with Crippen LogP contribution in [0.15, 0.2) is 30.6 Å². The molecule has 1 heterocycles. The average molecular weight is 230 g/mol. The zero-order valence-corrected chi connectivity index (χ0v) is 10.5. The van der Waals surface area contributed by atoms with Crippen molar-refractivity contribution < 1.29 is 5.11 Å². The molecule has 90 valence electrons. The van der Waals surface area contributed by atoms with Gasteiger partial charge in [0.25, 0.3) is 0 Å². The van der Waals surface area contributed by atoms with Crippen molar-refractivity contribution in [2.24, 2.45) is 7.05 Å². The van der Waals surface area contributed by atoms with E-state index in [1.54, 1.807) is 10.9 Å². The molecule has 0 spiro atoms. The first-order valence-electron chi connectivity index (χ1n) is 5.79. The average Bonchev–Trinajstić information content (AvgIpc) is 2.63. The summed E-state index contributed by atoms with van der Waals surface area (Å²) in [5.74, 6) is 0. The highest BCUT2D eigenvalue weighted by Gasteiger charge is 2.14. The molecular formula is C14H18N2O. The van der Waals surface area contributed by atoms with Gasteiger partial charge in [-0.25, -0.2) is 0 Å². The minimum Gasteiger partial charge on any atom is -0.388 e. The van der Waals surface area contributed by atoms with Crippen LogP contribution in [0.2, 0.25) is 0 Å².